The molecule has 0 spiro atoms. The number of unbranched alkanes of at least 4 members (excludes halogenated alkanes) is 10. The van der Waals surface area contributed by atoms with Crippen LogP contribution in [-0.2, 0) is 0 Å². The molecule has 0 fully saturated rings. The highest BCUT2D eigenvalue weighted by Crippen LogP contribution is 2.39. The molecule has 0 saturated carbocycles. The van der Waals surface area contributed by atoms with E-state index in [4.69, 9.17) is 4.74 Å². The second kappa shape index (κ2) is 13.7. The Hall–Kier alpha value is -1.38. The fraction of sp³-hybridized carbons (Fsp3) is 0.750. The molecule has 3 heteroatoms. The van der Waals surface area contributed by atoms with E-state index in [1.807, 2.05) is 0 Å². The van der Waals surface area contributed by atoms with Crippen molar-refractivity contribution < 1.29 is 14.9 Å². The molecule has 1 rings (SSSR count). The standard InChI is InChI=1S/C24H42O3/c1-4-6-8-10-12-14-19-24(3,20-15-13-11-9-7-5-2)27-22-18-16-17-21(25)23(22)26/h16-18,25-26H,4-15,19-20H2,1-3H3. The van der Waals surface area contributed by atoms with Crippen molar-refractivity contribution in [2.45, 2.75) is 116 Å². The summed E-state index contributed by atoms with van der Waals surface area (Å²) in [6, 6.07) is 4.96. The topological polar surface area (TPSA) is 49.7 Å². The van der Waals surface area contributed by atoms with Crippen LogP contribution in [0.5, 0.6) is 17.2 Å². The maximum absolute atomic E-state index is 10.1. The SMILES string of the molecule is CCCCCCCCC(C)(CCCCCCCC)Oc1cccc(O)c1O. The van der Waals surface area contributed by atoms with E-state index in [0.717, 1.165) is 25.7 Å². The zero-order valence-corrected chi connectivity index (χ0v) is 17.9. The van der Waals surface area contributed by atoms with Crippen molar-refractivity contribution in [3.63, 3.8) is 0 Å². The second-order valence-electron chi connectivity index (χ2n) is 8.21. The van der Waals surface area contributed by atoms with E-state index in [2.05, 4.69) is 20.8 Å². The van der Waals surface area contributed by atoms with Gasteiger partial charge in [-0.05, 0) is 44.7 Å². The van der Waals surface area contributed by atoms with E-state index in [-0.39, 0.29) is 17.1 Å². The monoisotopic (exact) mass is 378 g/mol. The Bertz CT molecular complexity index is 482. The third-order valence-electron chi connectivity index (χ3n) is 5.45. The maximum atomic E-state index is 10.1. The van der Waals surface area contributed by atoms with Crippen LogP contribution in [0, 0.1) is 0 Å². The van der Waals surface area contributed by atoms with Gasteiger partial charge in [-0.3, -0.25) is 0 Å². The molecule has 27 heavy (non-hydrogen) atoms. The van der Waals surface area contributed by atoms with Crippen LogP contribution < -0.4 is 4.74 Å². The summed E-state index contributed by atoms with van der Waals surface area (Å²) in [5, 5.41) is 19.9. The van der Waals surface area contributed by atoms with Crippen LogP contribution in [0.4, 0.5) is 0 Å². The van der Waals surface area contributed by atoms with Crippen molar-refractivity contribution in [1.82, 2.24) is 0 Å². The van der Waals surface area contributed by atoms with Crippen molar-refractivity contribution in [1.29, 1.82) is 0 Å². The highest BCUT2D eigenvalue weighted by Gasteiger charge is 2.27. The largest absolute Gasteiger partial charge is 0.504 e. The number of rotatable bonds is 16. The van der Waals surface area contributed by atoms with Crippen LogP contribution >= 0.6 is 0 Å². The molecule has 1 aromatic rings. The fourth-order valence-corrected chi connectivity index (χ4v) is 3.64. The molecule has 2 N–H and O–H groups in total. The number of phenols is 2. The first-order valence-electron chi connectivity index (χ1n) is 11.2. The summed E-state index contributed by atoms with van der Waals surface area (Å²) in [5.74, 6) is 0.137. The predicted molar refractivity (Wildman–Crippen MR) is 115 cm³/mol. The quantitative estimate of drug-likeness (QED) is 0.228. The van der Waals surface area contributed by atoms with E-state index < -0.39 is 0 Å². The number of hydrogen-bond donors (Lipinski definition) is 2. The Morgan fingerprint density at radius 1 is 0.741 bits per heavy atom. The molecular formula is C24H42O3. The van der Waals surface area contributed by atoms with Crippen molar-refractivity contribution in [3.8, 4) is 17.2 Å². The van der Waals surface area contributed by atoms with Crippen LogP contribution in [-0.4, -0.2) is 15.8 Å². The average Bonchev–Trinajstić information content (AvgIpc) is 2.65. The van der Waals surface area contributed by atoms with Gasteiger partial charge in [-0.1, -0.05) is 84.1 Å². The fourth-order valence-electron chi connectivity index (χ4n) is 3.64. The lowest BCUT2D eigenvalue weighted by Gasteiger charge is -2.31. The van der Waals surface area contributed by atoms with Crippen LogP contribution in [0.15, 0.2) is 18.2 Å². The zero-order valence-electron chi connectivity index (χ0n) is 17.9. The van der Waals surface area contributed by atoms with Crippen molar-refractivity contribution >= 4 is 0 Å². The Balaban J connectivity index is 2.57. The lowest BCUT2D eigenvalue weighted by Crippen LogP contribution is -2.32. The highest BCUT2D eigenvalue weighted by molar-refractivity contribution is 5.49. The van der Waals surface area contributed by atoms with Gasteiger partial charge in [0.1, 0.15) is 5.60 Å². The minimum atomic E-state index is -0.291. The molecular weight excluding hydrogens is 336 g/mol. The number of aromatic hydroxyl groups is 2. The predicted octanol–water partition coefficient (Wildman–Crippen LogP) is 7.74. The number of benzene rings is 1. The zero-order chi connectivity index (χ0) is 20.0. The molecule has 0 aliphatic carbocycles. The average molecular weight is 379 g/mol. The lowest BCUT2D eigenvalue weighted by molar-refractivity contribution is 0.0602. The van der Waals surface area contributed by atoms with Gasteiger partial charge in [0.15, 0.2) is 11.5 Å². The molecule has 0 atom stereocenters. The van der Waals surface area contributed by atoms with Crippen molar-refractivity contribution in [2.24, 2.45) is 0 Å². The van der Waals surface area contributed by atoms with E-state index in [1.54, 1.807) is 12.1 Å². The van der Waals surface area contributed by atoms with Gasteiger partial charge in [0.2, 0.25) is 5.75 Å². The van der Waals surface area contributed by atoms with Gasteiger partial charge in [0, 0.05) is 0 Å². The number of ether oxygens (including phenoxy) is 1. The highest BCUT2D eigenvalue weighted by atomic mass is 16.5. The first kappa shape index (κ1) is 23.7. The van der Waals surface area contributed by atoms with Gasteiger partial charge in [0.25, 0.3) is 0 Å². The molecule has 0 radical (unpaired) electrons. The van der Waals surface area contributed by atoms with Crippen LogP contribution in [0.25, 0.3) is 0 Å². The minimum absolute atomic E-state index is 0.117. The summed E-state index contributed by atoms with van der Waals surface area (Å²) in [6.07, 6.45) is 17.2. The molecule has 0 heterocycles. The Morgan fingerprint density at radius 2 is 1.22 bits per heavy atom. The Kier molecular flexibility index (Phi) is 12.0. The number of para-hydroxylation sites is 1. The Morgan fingerprint density at radius 3 is 1.74 bits per heavy atom. The van der Waals surface area contributed by atoms with Crippen LogP contribution in [0.3, 0.4) is 0 Å². The van der Waals surface area contributed by atoms with Gasteiger partial charge in [0.05, 0.1) is 0 Å². The number of hydrogen-bond acceptors (Lipinski definition) is 3. The molecule has 0 aromatic heterocycles. The van der Waals surface area contributed by atoms with Gasteiger partial charge in [-0.15, -0.1) is 0 Å². The van der Waals surface area contributed by atoms with Gasteiger partial charge in [-0.25, -0.2) is 0 Å². The number of phenolic OH excluding ortho intramolecular Hbond substituents is 2. The maximum Gasteiger partial charge on any atom is 0.200 e. The van der Waals surface area contributed by atoms with E-state index in [0.29, 0.717) is 5.75 Å². The third-order valence-corrected chi connectivity index (χ3v) is 5.45. The summed E-state index contributed by atoms with van der Waals surface area (Å²) in [7, 11) is 0. The summed E-state index contributed by atoms with van der Waals surface area (Å²) in [6.45, 7) is 6.65. The Labute approximate surface area is 167 Å². The molecule has 0 amide bonds. The smallest absolute Gasteiger partial charge is 0.200 e. The minimum Gasteiger partial charge on any atom is -0.504 e. The third kappa shape index (κ3) is 9.93. The van der Waals surface area contributed by atoms with E-state index in [9.17, 15) is 10.2 Å². The summed E-state index contributed by atoms with van der Waals surface area (Å²) in [4.78, 5) is 0. The molecule has 0 saturated heterocycles. The molecule has 156 valence electrons. The molecule has 1 aromatic carbocycles. The lowest BCUT2D eigenvalue weighted by atomic mass is 9.91. The summed E-state index contributed by atoms with van der Waals surface area (Å²) >= 11 is 0. The normalized spacial score (nSPS) is 11.7. The molecule has 0 aliphatic rings. The van der Waals surface area contributed by atoms with Gasteiger partial charge in [-0.2, -0.15) is 0 Å². The second-order valence-corrected chi connectivity index (χ2v) is 8.21. The van der Waals surface area contributed by atoms with Crippen molar-refractivity contribution in [3.05, 3.63) is 18.2 Å². The first-order chi connectivity index (χ1) is 13.0. The van der Waals surface area contributed by atoms with Gasteiger partial charge < -0.3 is 14.9 Å². The van der Waals surface area contributed by atoms with E-state index in [1.165, 1.54) is 70.3 Å². The molecule has 0 bridgehead atoms. The van der Waals surface area contributed by atoms with Crippen LogP contribution in [0.2, 0.25) is 0 Å². The van der Waals surface area contributed by atoms with E-state index >= 15 is 0 Å². The van der Waals surface area contributed by atoms with Crippen molar-refractivity contribution in [2.75, 3.05) is 0 Å². The van der Waals surface area contributed by atoms with Crippen LogP contribution in [0.1, 0.15) is 111 Å². The van der Waals surface area contributed by atoms with Gasteiger partial charge >= 0.3 is 0 Å². The molecule has 0 unspecified atom stereocenters. The molecule has 0 aliphatic heterocycles. The summed E-state index contributed by atoms with van der Waals surface area (Å²) in [5.41, 5.74) is -0.291. The molecule has 3 nitrogen and oxygen atoms in total. The summed E-state index contributed by atoms with van der Waals surface area (Å²) < 4.78 is 6.26. The first-order valence-corrected chi connectivity index (χ1v) is 11.2.